The molecule has 2 heterocycles. The Morgan fingerprint density at radius 3 is 2.86 bits per heavy atom. The molecular weight excluding hydrogens is 188 g/mol. The first kappa shape index (κ1) is 9.89. The van der Waals surface area contributed by atoms with Gasteiger partial charge in [0.05, 0.1) is 13.2 Å². The Hall–Kier alpha value is -0.650. The summed E-state index contributed by atoms with van der Waals surface area (Å²) in [6, 6.07) is 0. The number of aliphatic hydroxyl groups is 1. The molecule has 0 aliphatic carbocycles. The van der Waals surface area contributed by atoms with Crippen LogP contribution in [0.5, 0.6) is 0 Å². The van der Waals surface area contributed by atoms with E-state index >= 15 is 0 Å². The molecule has 2 fully saturated rings. The minimum absolute atomic E-state index is 0.259. The van der Waals surface area contributed by atoms with Crippen LogP contribution >= 0.6 is 0 Å². The number of aliphatic hydroxyl groups excluding tert-OH is 1. The predicted octanol–water partition coefficient (Wildman–Crippen LogP) is -0.533. The summed E-state index contributed by atoms with van der Waals surface area (Å²) in [4.78, 5) is 11.0. The lowest BCUT2D eigenvalue weighted by atomic mass is 10.1. The summed E-state index contributed by atoms with van der Waals surface area (Å²) in [7, 11) is 0. The van der Waals surface area contributed by atoms with Crippen molar-refractivity contribution in [2.24, 2.45) is 0 Å². The standard InChI is InChI=1S/C9H14O5/c1-2-7(11)14-6-4-13-8-5(10)3-12-9(6)8/h5-6,8-10H,2-4H2,1H3/t5-,6+,8-,9-/m1/s1. The van der Waals surface area contributed by atoms with E-state index in [1.807, 2.05) is 0 Å². The molecule has 80 valence electrons. The molecule has 0 saturated carbocycles. The van der Waals surface area contributed by atoms with Crippen LogP contribution < -0.4 is 0 Å². The van der Waals surface area contributed by atoms with Crippen molar-refractivity contribution in [3.05, 3.63) is 0 Å². The smallest absolute Gasteiger partial charge is 0.305 e. The maximum Gasteiger partial charge on any atom is 0.305 e. The maximum atomic E-state index is 11.0. The van der Waals surface area contributed by atoms with Gasteiger partial charge >= 0.3 is 5.97 Å². The molecule has 0 aromatic carbocycles. The number of hydrogen-bond donors (Lipinski definition) is 1. The van der Waals surface area contributed by atoms with Gasteiger partial charge in [-0.25, -0.2) is 0 Å². The van der Waals surface area contributed by atoms with Crippen molar-refractivity contribution in [2.45, 2.75) is 37.8 Å². The van der Waals surface area contributed by atoms with E-state index in [9.17, 15) is 9.90 Å². The van der Waals surface area contributed by atoms with Gasteiger partial charge in [0.25, 0.3) is 0 Å². The number of carbonyl (C=O) groups excluding carboxylic acids is 1. The molecule has 2 aliphatic rings. The highest BCUT2D eigenvalue weighted by atomic mass is 16.6. The zero-order valence-electron chi connectivity index (χ0n) is 8.01. The summed E-state index contributed by atoms with van der Waals surface area (Å²) in [5.74, 6) is -0.260. The second-order valence-electron chi connectivity index (χ2n) is 3.55. The van der Waals surface area contributed by atoms with Crippen LogP contribution in [-0.2, 0) is 19.0 Å². The van der Waals surface area contributed by atoms with Crippen LogP contribution in [0, 0.1) is 0 Å². The van der Waals surface area contributed by atoms with Crippen molar-refractivity contribution in [1.82, 2.24) is 0 Å². The van der Waals surface area contributed by atoms with E-state index in [1.165, 1.54) is 0 Å². The van der Waals surface area contributed by atoms with Crippen LogP contribution in [-0.4, -0.2) is 48.7 Å². The lowest BCUT2D eigenvalue weighted by molar-refractivity contribution is -0.153. The molecule has 0 bridgehead atoms. The highest BCUT2D eigenvalue weighted by molar-refractivity contribution is 5.69. The van der Waals surface area contributed by atoms with Crippen molar-refractivity contribution in [2.75, 3.05) is 13.2 Å². The molecule has 0 aromatic heterocycles. The predicted molar refractivity (Wildman–Crippen MR) is 45.7 cm³/mol. The van der Waals surface area contributed by atoms with Crippen LogP contribution in [0.2, 0.25) is 0 Å². The number of carbonyl (C=O) groups is 1. The van der Waals surface area contributed by atoms with E-state index in [2.05, 4.69) is 0 Å². The zero-order valence-corrected chi connectivity index (χ0v) is 8.01. The fraction of sp³-hybridized carbons (Fsp3) is 0.889. The fourth-order valence-corrected chi connectivity index (χ4v) is 1.80. The number of hydrogen-bond acceptors (Lipinski definition) is 5. The first-order valence-electron chi connectivity index (χ1n) is 4.83. The minimum atomic E-state index is -0.592. The van der Waals surface area contributed by atoms with Crippen molar-refractivity contribution in [3.8, 4) is 0 Å². The average molecular weight is 202 g/mol. The summed E-state index contributed by atoms with van der Waals surface area (Å²) >= 11 is 0. The number of esters is 1. The van der Waals surface area contributed by atoms with Crippen LogP contribution in [0.3, 0.4) is 0 Å². The summed E-state index contributed by atoms with van der Waals surface area (Å²) in [6.07, 6.45) is -1.23. The SMILES string of the molecule is CCC(=O)O[C@H]1CO[C@H]2[C@@H]1OC[C@H]2O. The van der Waals surface area contributed by atoms with Gasteiger partial charge in [-0.05, 0) is 0 Å². The van der Waals surface area contributed by atoms with Crippen molar-refractivity contribution >= 4 is 5.97 Å². The Morgan fingerprint density at radius 2 is 2.14 bits per heavy atom. The molecular formula is C9H14O5. The molecule has 0 spiro atoms. The molecule has 14 heavy (non-hydrogen) atoms. The molecule has 5 nitrogen and oxygen atoms in total. The minimum Gasteiger partial charge on any atom is -0.457 e. The van der Waals surface area contributed by atoms with Gasteiger partial charge in [-0.2, -0.15) is 0 Å². The Morgan fingerprint density at radius 1 is 1.43 bits per heavy atom. The lowest BCUT2D eigenvalue weighted by Gasteiger charge is -2.15. The molecule has 2 rings (SSSR count). The van der Waals surface area contributed by atoms with Crippen molar-refractivity contribution in [1.29, 1.82) is 0 Å². The van der Waals surface area contributed by atoms with E-state index in [0.717, 1.165) is 0 Å². The second-order valence-corrected chi connectivity index (χ2v) is 3.55. The number of ether oxygens (including phenoxy) is 3. The Balaban J connectivity index is 1.93. The highest BCUT2D eigenvalue weighted by Gasteiger charge is 2.48. The van der Waals surface area contributed by atoms with E-state index in [1.54, 1.807) is 6.92 Å². The summed E-state index contributed by atoms with van der Waals surface area (Å²) < 4.78 is 15.7. The molecule has 5 heteroatoms. The van der Waals surface area contributed by atoms with Crippen LogP contribution in [0.1, 0.15) is 13.3 Å². The molecule has 0 amide bonds. The molecule has 2 aliphatic heterocycles. The second kappa shape index (κ2) is 3.84. The van der Waals surface area contributed by atoms with Crippen LogP contribution in [0.15, 0.2) is 0 Å². The van der Waals surface area contributed by atoms with Gasteiger partial charge in [-0.15, -0.1) is 0 Å². The quantitative estimate of drug-likeness (QED) is 0.610. The van der Waals surface area contributed by atoms with Crippen LogP contribution in [0.25, 0.3) is 0 Å². The monoisotopic (exact) mass is 202 g/mol. The zero-order chi connectivity index (χ0) is 10.1. The third-order valence-corrected chi connectivity index (χ3v) is 2.55. The van der Waals surface area contributed by atoms with Gasteiger partial charge in [0.15, 0.2) is 6.10 Å². The third-order valence-electron chi connectivity index (χ3n) is 2.55. The Labute approximate surface area is 81.9 Å². The molecule has 2 saturated heterocycles. The maximum absolute atomic E-state index is 11.0. The van der Waals surface area contributed by atoms with Crippen molar-refractivity contribution < 1.29 is 24.1 Å². The Kier molecular flexibility index (Phi) is 2.71. The first-order chi connectivity index (χ1) is 6.72. The van der Waals surface area contributed by atoms with Gasteiger partial charge in [0.1, 0.15) is 18.3 Å². The number of fused-ring (bicyclic) bond motifs is 1. The Bertz CT molecular complexity index is 229. The topological polar surface area (TPSA) is 65.0 Å². The van der Waals surface area contributed by atoms with Gasteiger partial charge in [0, 0.05) is 6.42 Å². The summed E-state index contributed by atoms with van der Waals surface area (Å²) in [6.45, 7) is 2.31. The van der Waals surface area contributed by atoms with E-state index in [0.29, 0.717) is 13.0 Å². The first-order valence-corrected chi connectivity index (χ1v) is 4.83. The molecule has 0 unspecified atom stereocenters. The normalized spacial score (nSPS) is 41.0. The van der Waals surface area contributed by atoms with Crippen molar-refractivity contribution in [3.63, 3.8) is 0 Å². The largest absolute Gasteiger partial charge is 0.457 e. The van der Waals surface area contributed by atoms with Gasteiger partial charge in [-0.1, -0.05) is 6.92 Å². The number of rotatable bonds is 2. The van der Waals surface area contributed by atoms with E-state index < -0.39 is 6.10 Å². The van der Waals surface area contributed by atoms with E-state index in [-0.39, 0.29) is 30.9 Å². The summed E-state index contributed by atoms with van der Waals surface area (Å²) in [5, 5.41) is 9.42. The molecule has 0 radical (unpaired) electrons. The lowest BCUT2D eigenvalue weighted by Crippen LogP contribution is -2.34. The van der Waals surface area contributed by atoms with Gasteiger partial charge in [-0.3, -0.25) is 4.79 Å². The van der Waals surface area contributed by atoms with Gasteiger partial charge < -0.3 is 19.3 Å². The van der Waals surface area contributed by atoms with Gasteiger partial charge in [0.2, 0.25) is 0 Å². The van der Waals surface area contributed by atoms with E-state index in [4.69, 9.17) is 14.2 Å². The summed E-state index contributed by atoms with van der Waals surface area (Å²) in [5.41, 5.74) is 0. The molecule has 1 N–H and O–H groups in total. The molecule has 0 aromatic rings. The molecule has 4 atom stereocenters. The van der Waals surface area contributed by atoms with Crippen LogP contribution in [0.4, 0.5) is 0 Å². The average Bonchev–Trinajstić information content (AvgIpc) is 2.72. The third kappa shape index (κ3) is 1.63. The highest BCUT2D eigenvalue weighted by Crippen LogP contribution is 2.28. The fourth-order valence-electron chi connectivity index (χ4n) is 1.80.